The Labute approximate surface area is 130 Å². The molecule has 112 valence electrons. The molecule has 2 rings (SSSR count). The highest BCUT2D eigenvalue weighted by Gasteiger charge is 2.26. The molecule has 0 bridgehead atoms. The maximum Gasteiger partial charge on any atom is 0.0858 e. The zero-order valence-electron chi connectivity index (χ0n) is 12.4. The molecule has 1 N–H and O–H groups in total. The first-order chi connectivity index (χ1) is 9.70. The van der Waals surface area contributed by atoms with E-state index in [1.54, 1.807) is 0 Å². The Kier molecular flexibility index (Phi) is 6.49. The lowest BCUT2D eigenvalue weighted by molar-refractivity contribution is -0.0384. The third kappa shape index (κ3) is 4.55. The van der Waals surface area contributed by atoms with E-state index < -0.39 is 0 Å². The maximum absolute atomic E-state index is 6.00. The molecule has 1 aromatic rings. The lowest BCUT2D eigenvalue weighted by Crippen LogP contribution is -2.52. The van der Waals surface area contributed by atoms with Crippen molar-refractivity contribution in [1.29, 1.82) is 0 Å². The monoisotopic (exact) mass is 340 g/mol. The van der Waals surface area contributed by atoms with Crippen LogP contribution in [0.1, 0.15) is 18.9 Å². The molecule has 0 radical (unpaired) electrons. The Balaban J connectivity index is 2.04. The fraction of sp³-hybridized carbons (Fsp3) is 0.625. The van der Waals surface area contributed by atoms with Crippen molar-refractivity contribution < 1.29 is 4.74 Å². The minimum atomic E-state index is 0.271. The van der Waals surface area contributed by atoms with Crippen LogP contribution >= 0.6 is 15.9 Å². The summed E-state index contributed by atoms with van der Waals surface area (Å²) in [5.41, 5.74) is 1.35. The third-order valence-corrected chi connectivity index (χ3v) is 4.57. The number of halogens is 1. The van der Waals surface area contributed by atoms with Gasteiger partial charge < -0.3 is 15.0 Å². The quantitative estimate of drug-likeness (QED) is 0.861. The number of hydrogen-bond acceptors (Lipinski definition) is 3. The Morgan fingerprint density at radius 2 is 2.25 bits per heavy atom. The average molecular weight is 341 g/mol. The van der Waals surface area contributed by atoms with Crippen LogP contribution in [0.15, 0.2) is 28.7 Å². The molecule has 1 aliphatic heterocycles. The van der Waals surface area contributed by atoms with Crippen LogP contribution in [0.4, 0.5) is 0 Å². The van der Waals surface area contributed by atoms with Gasteiger partial charge in [0.2, 0.25) is 0 Å². The molecular weight excluding hydrogens is 316 g/mol. The number of morpholine rings is 1. The SMILES string of the molecule is CCCNC(Cc1ccccc1Br)C1CN(C)CCO1. The molecule has 1 fully saturated rings. The van der Waals surface area contributed by atoms with E-state index in [0.29, 0.717) is 6.04 Å². The highest BCUT2D eigenvalue weighted by molar-refractivity contribution is 9.10. The van der Waals surface area contributed by atoms with E-state index in [-0.39, 0.29) is 6.10 Å². The summed E-state index contributed by atoms with van der Waals surface area (Å²) in [4.78, 5) is 2.36. The summed E-state index contributed by atoms with van der Waals surface area (Å²) in [6.07, 6.45) is 2.42. The van der Waals surface area contributed by atoms with Crippen LogP contribution in [0, 0.1) is 0 Å². The van der Waals surface area contributed by atoms with Crippen LogP contribution in [0.5, 0.6) is 0 Å². The molecule has 1 aliphatic rings. The predicted octanol–water partition coefficient (Wildman–Crippen LogP) is 2.69. The first-order valence-corrected chi connectivity index (χ1v) is 8.27. The van der Waals surface area contributed by atoms with Gasteiger partial charge in [-0.25, -0.2) is 0 Å². The van der Waals surface area contributed by atoms with Gasteiger partial charge >= 0.3 is 0 Å². The van der Waals surface area contributed by atoms with Gasteiger partial charge in [-0.1, -0.05) is 41.1 Å². The molecule has 0 aromatic heterocycles. The number of hydrogen-bond donors (Lipinski definition) is 1. The zero-order valence-corrected chi connectivity index (χ0v) is 14.0. The lowest BCUT2D eigenvalue weighted by Gasteiger charge is -2.36. The van der Waals surface area contributed by atoms with Crippen LogP contribution in [-0.4, -0.2) is 50.3 Å². The summed E-state index contributed by atoms with van der Waals surface area (Å²) in [6, 6.07) is 8.84. The second kappa shape index (κ2) is 8.13. The smallest absolute Gasteiger partial charge is 0.0858 e. The highest BCUT2D eigenvalue weighted by atomic mass is 79.9. The van der Waals surface area contributed by atoms with E-state index in [4.69, 9.17) is 4.74 Å². The summed E-state index contributed by atoms with van der Waals surface area (Å²) in [6.45, 7) is 6.12. The van der Waals surface area contributed by atoms with Gasteiger partial charge in [0.05, 0.1) is 12.7 Å². The zero-order chi connectivity index (χ0) is 14.4. The lowest BCUT2D eigenvalue weighted by atomic mass is 10.00. The fourth-order valence-electron chi connectivity index (χ4n) is 2.62. The molecule has 2 unspecified atom stereocenters. The number of likely N-dealkylation sites (N-methyl/N-ethyl adjacent to an activating group) is 1. The minimum Gasteiger partial charge on any atom is -0.374 e. The molecule has 0 saturated carbocycles. The van der Waals surface area contributed by atoms with Crippen LogP contribution < -0.4 is 5.32 Å². The van der Waals surface area contributed by atoms with E-state index in [1.807, 2.05) is 0 Å². The van der Waals surface area contributed by atoms with Gasteiger partial charge in [-0.2, -0.15) is 0 Å². The van der Waals surface area contributed by atoms with Crippen molar-refractivity contribution in [1.82, 2.24) is 10.2 Å². The molecule has 20 heavy (non-hydrogen) atoms. The summed E-state index contributed by atoms with van der Waals surface area (Å²) >= 11 is 3.65. The van der Waals surface area contributed by atoms with Crippen molar-refractivity contribution in [2.24, 2.45) is 0 Å². The molecule has 0 spiro atoms. The van der Waals surface area contributed by atoms with Crippen molar-refractivity contribution in [2.45, 2.75) is 31.9 Å². The van der Waals surface area contributed by atoms with Gasteiger partial charge in [0.1, 0.15) is 0 Å². The number of ether oxygens (including phenoxy) is 1. The topological polar surface area (TPSA) is 24.5 Å². The first kappa shape index (κ1) is 16.0. The van der Waals surface area contributed by atoms with Gasteiger partial charge in [0.15, 0.2) is 0 Å². The van der Waals surface area contributed by atoms with Gasteiger partial charge in [0, 0.05) is 23.6 Å². The molecule has 1 heterocycles. The van der Waals surface area contributed by atoms with Crippen molar-refractivity contribution in [2.75, 3.05) is 33.3 Å². The minimum absolute atomic E-state index is 0.271. The second-order valence-corrected chi connectivity index (χ2v) is 6.38. The molecule has 0 amide bonds. The molecule has 1 aromatic carbocycles. The molecule has 1 saturated heterocycles. The number of benzene rings is 1. The maximum atomic E-state index is 6.00. The van der Waals surface area contributed by atoms with Crippen molar-refractivity contribution in [3.8, 4) is 0 Å². The number of nitrogens with one attached hydrogen (secondary N) is 1. The Morgan fingerprint density at radius 3 is 2.95 bits per heavy atom. The summed E-state index contributed by atoms with van der Waals surface area (Å²) in [5, 5.41) is 3.66. The van der Waals surface area contributed by atoms with E-state index in [2.05, 4.69) is 64.4 Å². The standard InChI is InChI=1S/C16H25BrN2O/c1-3-8-18-15(16-12-19(2)9-10-20-16)11-13-6-4-5-7-14(13)17/h4-7,15-16,18H,3,8-12H2,1-2H3. The summed E-state index contributed by atoms with van der Waals surface area (Å²) in [7, 11) is 2.17. The highest BCUT2D eigenvalue weighted by Crippen LogP contribution is 2.20. The summed E-state index contributed by atoms with van der Waals surface area (Å²) in [5.74, 6) is 0. The van der Waals surface area contributed by atoms with Crippen LogP contribution in [-0.2, 0) is 11.2 Å². The Hall–Kier alpha value is -0.420. The summed E-state index contributed by atoms with van der Waals surface area (Å²) < 4.78 is 7.19. The van der Waals surface area contributed by atoms with Crippen molar-refractivity contribution in [3.05, 3.63) is 34.3 Å². The van der Waals surface area contributed by atoms with Gasteiger partial charge in [-0.3, -0.25) is 0 Å². The van der Waals surface area contributed by atoms with E-state index >= 15 is 0 Å². The fourth-order valence-corrected chi connectivity index (χ4v) is 3.07. The molecular formula is C16H25BrN2O. The number of rotatable bonds is 6. The van der Waals surface area contributed by atoms with E-state index in [0.717, 1.165) is 39.1 Å². The normalized spacial score (nSPS) is 21.9. The molecule has 4 heteroatoms. The third-order valence-electron chi connectivity index (χ3n) is 3.80. The van der Waals surface area contributed by atoms with Gasteiger partial charge in [-0.05, 0) is 38.1 Å². The predicted molar refractivity (Wildman–Crippen MR) is 87.2 cm³/mol. The second-order valence-electron chi connectivity index (χ2n) is 5.53. The van der Waals surface area contributed by atoms with Crippen LogP contribution in [0.2, 0.25) is 0 Å². The van der Waals surface area contributed by atoms with Gasteiger partial charge in [0.25, 0.3) is 0 Å². The van der Waals surface area contributed by atoms with Crippen molar-refractivity contribution >= 4 is 15.9 Å². The van der Waals surface area contributed by atoms with Crippen LogP contribution in [0.3, 0.4) is 0 Å². The van der Waals surface area contributed by atoms with Crippen molar-refractivity contribution in [3.63, 3.8) is 0 Å². The Morgan fingerprint density at radius 1 is 1.45 bits per heavy atom. The van der Waals surface area contributed by atoms with Gasteiger partial charge in [-0.15, -0.1) is 0 Å². The largest absolute Gasteiger partial charge is 0.374 e. The van der Waals surface area contributed by atoms with E-state index in [1.165, 1.54) is 10.0 Å². The van der Waals surface area contributed by atoms with Crippen LogP contribution in [0.25, 0.3) is 0 Å². The molecule has 0 aliphatic carbocycles. The number of nitrogens with zero attached hydrogens (tertiary/aromatic N) is 1. The van der Waals surface area contributed by atoms with E-state index in [9.17, 15) is 0 Å². The molecule has 2 atom stereocenters. The average Bonchev–Trinajstić information content (AvgIpc) is 2.45. The Bertz CT molecular complexity index is 413. The molecule has 3 nitrogen and oxygen atoms in total. The first-order valence-electron chi connectivity index (χ1n) is 7.47.